The molecule has 3 rings (SSSR count). The van der Waals surface area contributed by atoms with Crippen LogP contribution in [0.2, 0.25) is 0 Å². The first-order chi connectivity index (χ1) is 11.2. The van der Waals surface area contributed by atoms with E-state index in [1.807, 2.05) is 36.4 Å². The normalized spacial score (nSPS) is 18.4. The maximum atomic E-state index is 10.2. The van der Waals surface area contributed by atoms with Crippen LogP contribution in [0.3, 0.4) is 0 Å². The molecule has 1 atom stereocenters. The zero-order valence-electron chi connectivity index (χ0n) is 14.2. The van der Waals surface area contributed by atoms with Gasteiger partial charge in [0.2, 0.25) is 0 Å². The van der Waals surface area contributed by atoms with E-state index in [0.29, 0.717) is 6.61 Å². The van der Waals surface area contributed by atoms with Crippen molar-refractivity contribution in [2.24, 2.45) is 0 Å². The number of halogens is 1. The molecule has 24 heavy (non-hydrogen) atoms. The van der Waals surface area contributed by atoms with E-state index in [4.69, 9.17) is 4.74 Å². The first kappa shape index (κ1) is 18.3. The van der Waals surface area contributed by atoms with E-state index in [1.165, 1.54) is 0 Å². The lowest BCUT2D eigenvalue weighted by Gasteiger charge is -2.29. The van der Waals surface area contributed by atoms with Crippen molar-refractivity contribution in [2.45, 2.75) is 24.9 Å². The fourth-order valence-electron chi connectivity index (χ4n) is 3.41. The van der Waals surface area contributed by atoms with E-state index in [1.54, 1.807) is 0 Å². The number of nitriles is 1. The van der Waals surface area contributed by atoms with Gasteiger partial charge in [-0.2, -0.15) is 5.26 Å². The molecule has 0 fully saturated rings. The van der Waals surface area contributed by atoms with Crippen LogP contribution in [-0.4, -0.2) is 25.5 Å². The van der Waals surface area contributed by atoms with Gasteiger partial charge in [0.05, 0.1) is 6.07 Å². The molecular weight excluding hydrogens is 320 g/mol. The molecule has 0 N–H and O–H groups in total. The minimum absolute atomic E-state index is 0. The molecule has 4 heteroatoms. The summed E-state index contributed by atoms with van der Waals surface area (Å²) >= 11 is 0. The Hall–Kier alpha value is -2.02. The Kier molecular flexibility index (Phi) is 5.88. The van der Waals surface area contributed by atoms with Crippen LogP contribution in [0.15, 0.2) is 48.5 Å². The smallest absolute Gasteiger partial charge is 0.124 e. The van der Waals surface area contributed by atoms with Gasteiger partial charge < -0.3 is 9.64 Å². The molecule has 2 aromatic carbocycles. The van der Waals surface area contributed by atoms with Crippen molar-refractivity contribution in [3.63, 3.8) is 0 Å². The Morgan fingerprint density at radius 2 is 1.75 bits per heavy atom. The predicted octanol–water partition coefficient (Wildman–Crippen LogP) is 4.15. The summed E-state index contributed by atoms with van der Waals surface area (Å²) in [5, 5.41) is 10.2. The molecule has 0 radical (unpaired) electrons. The van der Waals surface area contributed by atoms with Gasteiger partial charge in [0.15, 0.2) is 0 Å². The van der Waals surface area contributed by atoms with E-state index >= 15 is 0 Å². The molecule has 126 valence electrons. The molecule has 1 unspecified atom stereocenters. The topological polar surface area (TPSA) is 36.3 Å². The summed E-state index contributed by atoms with van der Waals surface area (Å²) in [6.45, 7) is 1.49. The van der Waals surface area contributed by atoms with E-state index in [9.17, 15) is 5.26 Å². The highest BCUT2D eigenvalue weighted by Gasteiger charge is 2.39. The second kappa shape index (κ2) is 7.70. The summed E-state index contributed by atoms with van der Waals surface area (Å²) in [4.78, 5) is 2.16. The summed E-state index contributed by atoms with van der Waals surface area (Å²) in [5.74, 6) is 0.829. The molecule has 1 aliphatic rings. The van der Waals surface area contributed by atoms with Gasteiger partial charge in [-0.25, -0.2) is 0 Å². The zero-order valence-corrected chi connectivity index (χ0v) is 15.0. The van der Waals surface area contributed by atoms with Crippen molar-refractivity contribution >= 4 is 12.4 Å². The summed E-state index contributed by atoms with van der Waals surface area (Å²) in [6, 6.07) is 18.8. The Morgan fingerprint density at radius 1 is 1.08 bits per heavy atom. The standard InChI is InChI=1S/C20H22N2O.ClH/c1-22(2)13-7-12-20(15-21)17-9-4-3-8-16(17)14-23-19-11-6-5-10-18(19)20;/h3-6,8-11H,7,12-14H2,1-2H3;1H. The van der Waals surface area contributed by atoms with Gasteiger partial charge in [-0.15, -0.1) is 12.4 Å². The van der Waals surface area contributed by atoms with Gasteiger partial charge in [0.25, 0.3) is 0 Å². The largest absolute Gasteiger partial charge is 0.489 e. The highest BCUT2D eigenvalue weighted by Crippen LogP contribution is 2.44. The molecule has 0 saturated carbocycles. The van der Waals surface area contributed by atoms with Crippen molar-refractivity contribution in [3.8, 4) is 11.8 Å². The molecule has 0 aromatic heterocycles. The van der Waals surface area contributed by atoms with Crippen molar-refractivity contribution in [2.75, 3.05) is 20.6 Å². The fourth-order valence-corrected chi connectivity index (χ4v) is 3.41. The second-order valence-electron chi connectivity index (χ2n) is 6.37. The van der Waals surface area contributed by atoms with Gasteiger partial charge >= 0.3 is 0 Å². The average molecular weight is 343 g/mol. The van der Waals surface area contributed by atoms with Gasteiger partial charge in [0.1, 0.15) is 17.8 Å². The van der Waals surface area contributed by atoms with Crippen LogP contribution in [-0.2, 0) is 12.0 Å². The van der Waals surface area contributed by atoms with E-state index < -0.39 is 5.41 Å². The Morgan fingerprint density at radius 3 is 2.46 bits per heavy atom. The van der Waals surface area contributed by atoms with Crippen LogP contribution in [0.25, 0.3) is 0 Å². The molecule has 1 heterocycles. The van der Waals surface area contributed by atoms with E-state index in [-0.39, 0.29) is 12.4 Å². The number of fused-ring (bicyclic) bond motifs is 2. The van der Waals surface area contributed by atoms with Crippen LogP contribution in [0, 0.1) is 11.3 Å². The fraction of sp³-hybridized carbons (Fsp3) is 0.350. The van der Waals surface area contributed by atoms with E-state index in [0.717, 1.165) is 41.8 Å². The van der Waals surface area contributed by atoms with Crippen molar-refractivity contribution in [1.82, 2.24) is 4.90 Å². The molecule has 0 saturated heterocycles. The molecule has 1 aliphatic heterocycles. The minimum atomic E-state index is -0.639. The lowest BCUT2D eigenvalue weighted by atomic mass is 9.71. The van der Waals surface area contributed by atoms with Gasteiger partial charge in [-0.1, -0.05) is 42.5 Å². The van der Waals surface area contributed by atoms with Gasteiger partial charge in [0, 0.05) is 5.56 Å². The number of rotatable bonds is 4. The number of para-hydroxylation sites is 1. The molecule has 3 nitrogen and oxygen atoms in total. The highest BCUT2D eigenvalue weighted by atomic mass is 35.5. The molecule has 0 aliphatic carbocycles. The summed E-state index contributed by atoms with van der Waals surface area (Å²) in [5.41, 5.74) is 2.55. The number of ether oxygens (including phenoxy) is 1. The predicted molar refractivity (Wildman–Crippen MR) is 98.6 cm³/mol. The SMILES string of the molecule is CN(C)CCCC1(C#N)c2ccccc2COc2ccccc21.Cl. The van der Waals surface area contributed by atoms with Crippen LogP contribution in [0.1, 0.15) is 29.5 Å². The quantitative estimate of drug-likeness (QED) is 0.837. The molecule has 0 spiro atoms. The van der Waals surface area contributed by atoms with Crippen molar-refractivity contribution < 1.29 is 4.74 Å². The van der Waals surface area contributed by atoms with Crippen LogP contribution < -0.4 is 4.74 Å². The number of benzene rings is 2. The Labute approximate surface area is 150 Å². The second-order valence-corrected chi connectivity index (χ2v) is 6.37. The summed E-state index contributed by atoms with van der Waals surface area (Å²) < 4.78 is 6.00. The first-order valence-corrected chi connectivity index (χ1v) is 8.04. The summed E-state index contributed by atoms with van der Waals surface area (Å²) in [6.07, 6.45) is 1.75. The van der Waals surface area contributed by atoms with Crippen LogP contribution >= 0.6 is 12.4 Å². The number of hydrogen-bond donors (Lipinski definition) is 0. The van der Waals surface area contributed by atoms with Gasteiger partial charge in [-0.05, 0) is 50.7 Å². The Bertz CT molecular complexity index is 689. The summed E-state index contributed by atoms with van der Waals surface area (Å²) in [7, 11) is 4.13. The third kappa shape index (κ3) is 3.26. The maximum Gasteiger partial charge on any atom is 0.124 e. The average Bonchev–Trinajstić information content (AvgIpc) is 2.71. The molecule has 0 bridgehead atoms. The Balaban J connectivity index is 0.00000208. The maximum absolute atomic E-state index is 10.2. The lowest BCUT2D eigenvalue weighted by molar-refractivity contribution is 0.306. The van der Waals surface area contributed by atoms with Gasteiger partial charge in [-0.3, -0.25) is 0 Å². The number of nitrogens with zero attached hydrogens (tertiary/aromatic N) is 2. The third-order valence-corrected chi connectivity index (χ3v) is 4.56. The number of hydrogen-bond acceptors (Lipinski definition) is 3. The van der Waals surface area contributed by atoms with Crippen molar-refractivity contribution in [1.29, 1.82) is 5.26 Å². The first-order valence-electron chi connectivity index (χ1n) is 8.04. The monoisotopic (exact) mass is 342 g/mol. The van der Waals surface area contributed by atoms with Crippen LogP contribution in [0.5, 0.6) is 5.75 Å². The molecular formula is C20H23ClN2O. The van der Waals surface area contributed by atoms with Crippen LogP contribution in [0.4, 0.5) is 0 Å². The molecule has 2 aromatic rings. The van der Waals surface area contributed by atoms with E-state index in [2.05, 4.69) is 37.2 Å². The lowest BCUT2D eigenvalue weighted by Crippen LogP contribution is -2.28. The highest BCUT2D eigenvalue weighted by molar-refractivity contribution is 5.85. The minimum Gasteiger partial charge on any atom is -0.489 e. The molecule has 0 amide bonds. The zero-order chi connectivity index (χ0) is 16.3. The third-order valence-electron chi connectivity index (χ3n) is 4.56. The van der Waals surface area contributed by atoms with Crippen molar-refractivity contribution in [3.05, 3.63) is 65.2 Å².